The van der Waals surface area contributed by atoms with E-state index in [1.165, 1.54) is 13.8 Å². The molecule has 0 saturated heterocycles. The molecule has 0 aliphatic rings. The lowest BCUT2D eigenvalue weighted by atomic mass is 10.2. The quantitative estimate of drug-likeness (QED) is 0.580. The maximum absolute atomic E-state index is 12.9. The van der Waals surface area contributed by atoms with Gasteiger partial charge in [0.2, 0.25) is 0 Å². The van der Waals surface area contributed by atoms with E-state index >= 15 is 0 Å². The van der Waals surface area contributed by atoms with E-state index in [2.05, 4.69) is 9.05 Å². The Labute approximate surface area is 101 Å². The van der Waals surface area contributed by atoms with Crippen LogP contribution in [0.15, 0.2) is 0 Å². The molecule has 0 radical (unpaired) electrons. The first-order chi connectivity index (χ1) is 8.00. The molecule has 0 fully saturated rings. The summed E-state index contributed by atoms with van der Waals surface area (Å²) in [6.45, 7) is 2.50. The Morgan fingerprint density at radius 2 is 1.50 bits per heavy atom. The first-order valence-electron chi connectivity index (χ1n) is 5.08. The largest absolute Gasteiger partial charge is 0.454 e. The fraction of sp³-hybridized carbons (Fsp3) is 1.00. The summed E-state index contributed by atoms with van der Waals surface area (Å²) in [6, 6.07) is -2.69. The summed E-state index contributed by atoms with van der Waals surface area (Å²) < 4.78 is 82.8. The van der Waals surface area contributed by atoms with E-state index in [4.69, 9.17) is 5.73 Å². The number of rotatable bonds is 7. The molecule has 0 amide bonds. The highest BCUT2D eigenvalue weighted by Crippen LogP contribution is 2.51. The van der Waals surface area contributed by atoms with E-state index in [0.29, 0.717) is 0 Å². The third-order valence-electron chi connectivity index (χ3n) is 1.92. The first kappa shape index (κ1) is 17.8. The minimum absolute atomic E-state index is 0.151. The van der Waals surface area contributed by atoms with Gasteiger partial charge in [0.1, 0.15) is 0 Å². The van der Waals surface area contributed by atoms with Crippen LogP contribution >= 0.6 is 7.60 Å². The zero-order valence-corrected chi connectivity index (χ0v) is 10.7. The highest BCUT2D eigenvalue weighted by Gasteiger charge is 2.62. The third-order valence-corrected chi connectivity index (χ3v) is 4.06. The van der Waals surface area contributed by atoms with E-state index in [0.717, 1.165) is 0 Å². The van der Waals surface area contributed by atoms with Crippen LogP contribution in [0.25, 0.3) is 0 Å². The van der Waals surface area contributed by atoms with E-state index in [1.807, 2.05) is 0 Å². The van der Waals surface area contributed by atoms with Gasteiger partial charge in [0, 0.05) is 0 Å². The van der Waals surface area contributed by atoms with Gasteiger partial charge in [-0.25, -0.2) is 0 Å². The van der Waals surface area contributed by atoms with Crippen LogP contribution in [-0.4, -0.2) is 37.5 Å². The third kappa shape index (κ3) is 4.46. The molecule has 0 aromatic carbocycles. The van der Waals surface area contributed by atoms with Gasteiger partial charge in [-0.3, -0.25) is 4.57 Å². The molecule has 10 heteroatoms. The van der Waals surface area contributed by atoms with Crippen molar-refractivity contribution < 1.29 is 35.6 Å². The zero-order chi connectivity index (χ0) is 14.6. The molecule has 0 aliphatic heterocycles. The summed E-state index contributed by atoms with van der Waals surface area (Å²) >= 11 is 0. The van der Waals surface area contributed by atoms with E-state index in [9.17, 15) is 26.5 Å². The molecule has 0 spiro atoms. The molecule has 1 unspecified atom stereocenters. The lowest BCUT2D eigenvalue weighted by Crippen LogP contribution is -2.53. The van der Waals surface area contributed by atoms with Crippen LogP contribution in [0.1, 0.15) is 13.8 Å². The van der Waals surface area contributed by atoms with E-state index < -0.39 is 31.9 Å². The van der Waals surface area contributed by atoms with Crippen LogP contribution in [0.3, 0.4) is 0 Å². The molecule has 2 N–H and O–H groups in total. The molecule has 4 nitrogen and oxygen atoms in total. The molecule has 1 atom stereocenters. The lowest BCUT2D eigenvalue weighted by Gasteiger charge is -2.28. The molecule has 0 aromatic heterocycles. The molecule has 0 heterocycles. The van der Waals surface area contributed by atoms with Crippen molar-refractivity contribution in [3.8, 4) is 0 Å². The van der Waals surface area contributed by atoms with Gasteiger partial charge in [-0.2, -0.15) is 22.0 Å². The second kappa shape index (κ2) is 6.27. The minimum Gasteiger partial charge on any atom is -0.322 e. The SMILES string of the molecule is CCOP(=O)(CC(N)C(F)(F)C(F)(F)F)OCC. The Morgan fingerprint density at radius 1 is 1.11 bits per heavy atom. The zero-order valence-electron chi connectivity index (χ0n) is 9.84. The minimum atomic E-state index is -5.81. The standard InChI is InChI=1S/C8H15F5NO3P/c1-3-16-18(15,17-4-2)5-6(14)7(9,10)8(11,12)13/h6H,3-5,14H2,1-2H3. The average Bonchev–Trinajstić information content (AvgIpc) is 2.15. The van der Waals surface area contributed by atoms with Crippen LogP contribution in [0.4, 0.5) is 22.0 Å². The van der Waals surface area contributed by atoms with Crippen molar-refractivity contribution in [1.82, 2.24) is 0 Å². The van der Waals surface area contributed by atoms with Crippen LogP contribution < -0.4 is 5.73 Å². The van der Waals surface area contributed by atoms with Gasteiger partial charge in [0.25, 0.3) is 0 Å². The summed E-state index contributed by atoms with van der Waals surface area (Å²) in [5.41, 5.74) is 4.78. The Bertz CT molecular complexity index is 300. The Hall–Kier alpha value is -0.240. The van der Waals surface area contributed by atoms with Gasteiger partial charge in [-0.15, -0.1) is 0 Å². The first-order valence-corrected chi connectivity index (χ1v) is 6.81. The predicted molar refractivity (Wildman–Crippen MR) is 54.7 cm³/mol. The summed E-state index contributed by atoms with van der Waals surface area (Å²) in [5.74, 6) is -5.16. The lowest BCUT2D eigenvalue weighted by molar-refractivity contribution is -0.287. The van der Waals surface area contributed by atoms with Crippen LogP contribution in [-0.2, 0) is 13.6 Å². The van der Waals surface area contributed by atoms with Gasteiger partial charge < -0.3 is 14.8 Å². The molecule has 0 aliphatic carbocycles. The number of hydrogen-bond acceptors (Lipinski definition) is 4. The van der Waals surface area contributed by atoms with E-state index in [1.54, 1.807) is 0 Å². The second-order valence-electron chi connectivity index (χ2n) is 3.36. The van der Waals surface area contributed by atoms with Gasteiger partial charge >= 0.3 is 19.7 Å². The molecule has 0 aromatic rings. The molecular formula is C8H15F5NO3P. The van der Waals surface area contributed by atoms with Crippen molar-refractivity contribution in [2.24, 2.45) is 5.73 Å². The van der Waals surface area contributed by atoms with Gasteiger partial charge in [-0.05, 0) is 13.8 Å². The fourth-order valence-corrected chi connectivity index (χ4v) is 2.89. The Balaban J connectivity index is 4.91. The van der Waals surface area contributed by atoms with Crippen molar-refractivity contribution >= 4 is 7.60 Å². The van der Waals surface area contributed by atoms with Crippen molar-refractivity contribution in [2.45, 2.75) is 32.0 Å². The molecular weight excluding hydrogens is 284 g/mol. The second-order valence-corrected chi connectivity index (χ2v) is 5.46. The highest BCUT2D eigenvalue weighted by molar-refractivity contribution is 7.53. The topological polar surface area (TPSA) is 61.5 Å². The molecule has 18 heavy (non-hydrogen) atoms. The number of nitrogens with two attached hydrogens (primary N) is 1. The summed E-state index contributed by atoms with van der Waals surface area (Å²) in [5, 5.41) is 0. The number of halogens is 5. The average molecular weight is 299 g/mol. The number of hydrogen-bond donors (Lipinski definition) is 1. The van der Waals surface area contributed by atoms with Gasteiger partial charge in [-0.1, -0.05) is 0 Å². The summed E-state index contributed by atoms with van der Waals surface area (Å²) in [6.07, 6.45) is -7.02. The van der Waals surface area contributed by atoms with Crippen molar-refractivity contribution in [2.75, 3.05) is 19.4 Å². The summed E-state index contributed by atoms with van der Waals surface area (Å²) in [7, 11) is -4.05. The van der Waals surface area contributed by atoms with Crippen molar-refractivity contribution in [1.29, 1.82) is 0 Å². The maximum atomic E-state index is 12.9. The van der Waals surface area contributed by atoms with E-state index in [-0.39, 0.29) is 13.2 Å². The molecule has 110 valence electrons. The normalized spacial score (nSPS) is 15.8. The van der Waals surface area contributed by atoms with Crippen LogP contribution in [0, 0.1) is 0 Å². The smallest absolute Gasteiger partial charge is 0.322 e. The number of alkyl halides is 5. The molecule has 0 saturated carbocycles. The monoisotopic (exact) mass is 299 g/mol. The van der Waals surface area contributed by atoms with Crippen LogP contribution in [0.5, 0.6) is 0 Å². The Kier molecular flexibility index (Phi) is 6.19. The maximum Gasteiger partial charge on any atom is 0.454 e. The molecule has 0 bridgehead atoms. The highest BCUT2D eigenvalue weighted by atomic mass is 31.2. The summed E-state index contributed by atoms with van der Waals surface area (Å²) in [4.78, 5) is 0. The van der Waals surface area contributed by atoms with Crippen molar-refractivity contribution in [3.63, 3.8) is 0 Å². The predicted octanol–water partition coefficient (Wildman–Crippen LogP) is 2.78. The fourth-order valence-electron chi connectivity index (χ4n) is 1.10. The van der Waals surface area contributed by atoms with Crippen molar-refractivity contribution in [3.05, 3.63) is 0 Å². The van der Waals surface area contributed by atoms with Gasteiger partial charge in [0.05, 0.1) is 25.4 Å². The Morgan fingerprint density at radius 3 is 1.78 bits per heavy atom. The molecule has 0 rings (SSSR count). The van der Waals surface area contributed by atoms with Gasteiger partial charge in [0.15, 0.2) is 0 Å². The van der Waals surface area contributed by atoms with Crippen LogP contribution in [0.2, 0.25) is 0 Å².